The largest absolute Gasteiger partial charge is 0.481 e. The first-order valence-corrected chi connectivity index (χ1v) is 11.6. The van der Waals surface area contributed by atoms with E-state index in [1.54, 1.807) is 6.92 Å². The highest BCUT2D eigenvalue weighted by molar-refractivity contribution is 5.94. The van der Waals surface area contributed by atoms with Gasteiger partial charge in [0.1, 0.15) is 5.75 Å². The molecule has 3 aromatic rings. The van der Waals surface area contributed by atoms with E-state index in [2.05, 4.69) is 27.3 Å². The molecule has 2 heterocycles. The molecule has 1 aliphatic rings. The van der Waals surface area contributed by atoms with E-state index in [-0.39, 0.29) is 5.91 Å². The number of carbonyl (C=O) groups is 1. The van der Waals surface area contributed by atoms with Crippen molar-refractivity contribution in [2.24, 2.45) is 5.92 Å². The van der Waals surface area contributed by atoms with Gasteiger partial charge in [-0.25, -0.2) is 0 Å². The van der Waals surface area contributed by atoms with Gasteiger partial charge < -0.3 is 15.0 Å². The molecule has 6 heteroatoms. The number of aromatic nitrogens is 2. The predicted octanol–water partition coefficient (Wildman–Crippen LogP) is 5.40. The molecule has 1 amide bonds. The Morgan fingerprint density at radius 3 is 2.36 bits per heavy atom. The Morgan fingerprint density at radius 1 is 1.00 bits per heavy atom. The molecule has 2 aromatic carbocycles. The fourth-order valence-corrected chi connectivity index (χ4v) is 3.90. The summed E-state index contributed by atoms with van der Waals surface area (Å²) < 4.78 is 5.81. The minimum Gasteiger partial charge on any atom is -0.481 e. The van der Waals surface area contributed by atoms with Crippen LogP contribution in [0.1, 0.15) is 37.8 Å². The van der Waals surface area contributed by atoms with Gasteiger partial charge in [0, 0.05) is 24.3 Å². The first-order valence-electron chi connectivity index (χ1n) is 11.6. The van der Waals surface area contributed by atoms with Crippen molar-refractivity contribution in [2.45, 2.75) is 46.6 Å². The second kappa shape index (κ2) is 10.0. The molecule has 1 fully saturated rings. The highest BCUT2D eigenvalue weighted by Crippen LogP contribution is 2.24. The second-order valence-electron chi connectivity index (χ2n) is 9.02. The SMILES string of the molecule is Cc1ccc(OC(C)C(=O)Nc2ccc(-c3ccc(N4CCC(C)CC4)nn3)cc2)cc1C. The van der Waals surface area contributed by atoms with Gasteiger partial charge in [0.25, 0.3) is 5.91 Å². The van der Waals surface area contributed by atoms with Gasteiger partial charge in [-0.05, 0) is 87.1 Å². The van der Waals surface area contributed by atoms with Gasteiger partial charge in [0.2, 0.25) is 0 Å². The molecular weight excluding hydrogens is 412 g/mol. The average Bonchev–Trinajstić information content (AvgIpc) is 2.82. The van der Waals surface area contributed by atoms with E-state index >= 15 is 0 Å². The van der Waals surface area contributed by atoms with E-state index in [4.69, 9.17) is 4.74 Å². The van der Waals surface area contributed by atoms with Crippen molar-refractivity contribution in [1.82, 2.24) is 10.2 Å². The molecule has 1 N–H and O–H groups in total. The summed E-state index contributed by atoms with van der Waals surface area (Å²) in [4.78, 5) is 14.9. The van der Waals surface area contributed by atoms with Crippen molar-refractivity contribution in [3.05, 3.63) is 65.7 Å². The molecule has 1 aromatic heterocycles. The number of hydrogen-bond acceptors (Lipinski definition) is 5. The van der Waals surface area contributed by atoms with E-state index in [1.165, 1.54) is 18.4 Å². The molecule has 1 aliphatic heterocycles. The first-order chi connectivity index (χ1) is 15.9. The van der Waals surface area contributed by atoms with Gasteiger partial charge in [-0.2, -0.15) is 0 Å². The number of aryl methyl sites for hydroxylation is 2. The van der Waals surface area contributed by atoms with Crippen LogP contribution >= 0.6 is 0 Å². The fraction of sp³-hybridized carbons (Fsp3) is 0.370. The van der Waals surface area contributed by atoms with Crippen LogP contribution < -0.4 is 15.0 Å². The van der Waals surface area contributed by atoms with E-state index in [1.807, 2.05) is 68.4 Å². The summed E-state index contributed by atoms with van der Waals surface area (Å²) in [6.07, 6.45) is 1.79. The summed E-state index contributed by atoms with van der Waals surface area (Å²) in [6.45, 7) is 10.2. The van der Waals surface area contributed by atoms with Gasteiger partial charge in [-0.1, -0.05) is 25.1 Å². The molecule has 0 aliphatic carbocycles. The first kappa shape index (κ1) is 22.8. The summed E-state index contributed by atoms with van der Waals surface area (Å²) in [5.74, 6) is 2.22. The van der Waals surface area contributed by atoms with Crippen molar-refractivity contribution < 1.29 is 9.53 Å². The Kier molecular flexibility index (Phi) is 6.92. The topological polar surface area (TPSA) is 67.3 Å². The molecule has 172 valence electrons. The van der Waals surface area contributed by atoms with Crippen LogP contribution in [0.3, 0.4) is 0 Å². The number of piperidine rings is 1. The molecule has 1 unspecified atom stereocenters. The van der Waals surface area contributed by atoms with Gasteiger partial charge >= 0.3 is 0 Å². The third-order valence-electron chi connectivity index (χ3n) is 6.37. The lowest BCUT2D eigenvalue weighted by Gasteiger charge is -2.30. The zero-order valence-electron chi connectivity index (χ0n) is 19.8. The lowest BCUT2D eigenvalue weighted by Crippen LogP contribution is -2.33. The summed E-state index contributed by atoms with van der Waals surface area (Å²) in [5.41, 5.74) is 4.82. The minimum absolute atomic E-state index is 0.194. The summed E-state index contributed by atoms with van der Waals surface area (Å²) in [5, 5.41) is 11.8. The highest BCUT2D eigenvalue weighted by atomic mass is 16.5. The van der Waals surface area contributed by atoms with Crippen LogP contribution in [0.2, 0.25) is 0 Å². The van der Waals surface area contributed by atoms with Crippen molar-refractivity contribution in [3.63, 3.8) is 0 Å². The number of amides is 1. The van der Waals surface area contributed by atoms with Crippen LogP contribution in [0.25, 0.3) is 11.3 Å². The van der Waals surface area contributed by atoms with Gasteiger partial charge in [0.05, 0.1) is 5.69 Å². The Morgan fingerprint density at radius 2 is 1.73 bits per heavy atom. The lowest BCUT2D eigenvalue weighted by atomic mass is 9.99. The van der Waals surface area contributed by atoms with Gasteiger partial charge in [-0.3, -0.25) is 4.79 Å². The molecule has 1 atom stereocenters. The molecule has 1 saturated heterocycles. The highest BCUT2D eigenvalue weighted by Gasteiger charge is 2.18. The van der Waals surface area contributed by atoms with Crippen molar-refractivity contribution >= 4 is 17.4 Å². The number of benzene rings is 2. The standard InChI is InChI=1S/C27H32N4O2/c1-18-13-15-31(16-14-18)26-12-11-25(29-30-26)22-6-8-23(9-7-22)28-27(32)21(4)33-24-10-5-19(2)20(3)17-24/h5-12,17-18,21H,13-16H2,1-4H3,(H,28,32). The monoisotopic (exact) mass is 444 g/mol. The van der Waals surface area contributed by atoms with Crippen LogP contribution in [0, 0.1) is 19.8 Å². The quantitative estimate of drug-likeness (QED) is 0.551. The van der Waals surface area contributed by atoms with Crippen LogP contribution in [0.4, 0.5) is 11.5 Å². The van der Waals surface area contributed by atoms with Crippen LogP contribution in [-0.2, 0) is 4.79 Å². The Labute approximate surface area is 196 Å². The number of ether oxygens (including phenoxy) is 1. The van der Waals surface area contributed by atoms with E-state index in [0.29, 0.717) is 11.4 Å². The molecular formula is C27H32N4O2. The molecule has 0 bridgehead atoms. The molecule has 0 saturated carbocycles. The van der Waals surface area contributed by atoms with E-state index in [0.717, 1.165) is 41.6 Å². The lowest BCUT2D eigenvalue weighted by molar-refractivity contribution is -0.122. The zero-order valence-corrected chi connectivity index (χ0v) is 19.8. The van der Waals surface area contributed by atoms with Crippen molar-refractivity contribution in [2.75, 3.05) is 23.3 Å². The smallest absolute Gasteiger partial charge is 0.265 e. The second-order valence-corrected chi connectivity index (χ2v) is 9.02. The minimum atomic E-state index is -0.608. The van der Waals surface area contributed by atoms with Gasteiger partial charge in [-0.15, -0.1) is 10.2 Å². The maximum absolute atomic E-state index is 12.6. The number of rotatable bonds is 6. The number of nitrogens with one attached hydrogen (secondary N) is 1. The van der Waals surface area contributed by atoms with Gasteiger partial charge in [0.15, 0.2) is 11.9 Å². The summed E-state index contributed by atoms with van der Waals surface area (Å²) in [7, 11) is 0. The normalized spacial score (nSPS) is 15.2. The maximum Gasteiger partial charge on any atom is 0.265 e. The molecule has 0 radical (unpaired) electrons. The Balaban J connectivity index is 1.34. The number of nitrogens with zero attached hydrogens (tertiary/aromatic N) is 3. The Bertz CT molecular complexity index is 1090. The van der Waals surface area contributed by atoms with Crippen LogP contribution in [0.5, 0.6) is 5.75 Å². The predicted molar refractivity (Wildman–Crippen MR) is 133 cm³/mol. The Hall–Kier alpha value is -3.41. The molecule has 33 heavy (non-hydrogen) atoms. The number of anilines is 2. The summed E-state index contributed by atoms with van der Waals surface area (Å²) in [6, 6.07) is 17.5. The maximum atomic E-state index is 12.6. The molecule has 4 rings (SSSR count). The van der Waals surface area contributed by atoms with E-state index in [9.17, 15) is 4.79 Å². The number of carbonyl (C=O) groups excluding carboxylic acids is 1. The zero-order chi connectivity index (χ0) is 23.4. The molecule has 0 spiro atoms. The molecule has 6 nitrogen and oxygen atoms in total. The average molecular weight is 445 g/mol. The van der Waals surface area contributed by atoms with E-state index < -0.39 is 6.10 Å². The van der Waals surface area contributed by atoms with Crippen molar-refractivity contribution in [3.8, 4) is 17.0 Å². The third-order valence-corrected chi connectivity index (χ3v) is 6.37. The number of hydrogen-bond donors (Lipinski definition) is 1. The fourth-order valence-electron chi connectivity index (χ4n) is 3.90. The van der Waals surface area contributed by atoms with Crippen LogP contribution in [-0.4, -0.2) is 35.3 Å². The third kappa shape index (κ3) is 5.69. The van der Waals surface area contributed by atoms with Crippen molar-refractivity contribution in [1.29, 1.82) is 0 Å². The summed E-state index contributed by atoms with van der Waals surface area (Å²) >= 11 is 0. The van der Waals surface area contributed by atoms with Crippen LogP contribution in [0.15, 0.2) is 54.6 Å².